The van der Waals surface area contributed by atoms with Crippen molar-refractivity contribution < 1.29 is 28.2 Å². The fraction of sp³-hybridized carbons (Fsp3) is 0.571. The minimum Gasteiger partial charge on any atom is -0.447 e. The Labute approximate surface area is 228 Å². The SMILES string of the molecule is C[C@H](Nc1ncc(F)c(N2C(=O)OCC2[C@H](C)OC(C)(C)C)n1)C1CCN(C(=O)OCc2ccccc2)CC1. The lowest BCUT2D eigenvalue weighted by molar-refractivity contribution is -0.0618. The Balaban J connectivity index is 1.34. The second kappa shape index (κ2) is 12.1. The molecule has 3 atom stereocenters. The van der Waals surface area contributed by atoms with Crippen molar-refractivity contribution in [3.63, 3.8) is 0 Å². The number of nitrogens with one attached hydrogen (secondary N) is 1. The zero-order chi connectivity index (χ0) is 28.2. The molecule has 10 nitrogen and oxygen atoms in total. The third-order valence-corrected chi connectivity index (χ3v) is 7.01. The third kappa shape index (κ3) is 7.35. The molecule has 0 radical (unpaired) electrons. The average Bonchev–Trinajstić information content (AvgIpc) is 3.29. The highest BCUT2D eigenvalue weighted by Gasteiger charge is 2.42. The second-order valence-electron chi connectivity index (χ2n) is 11.1. The number of amides is 2. The number of nitrogens with zero attached hydrogens (tertiary/aromatic N) is 4. The molecule has 0 bridgehead atoms. The lowest BCUT2D eigenvalue weighted by Crippen LogP contribution is -2.45. The van der Waals surface area contributed by atoms with Gasteiger partial charge in [-0.15, -0.1) is 0 Å². The molecule has 0 aliphatic carbocycles. The van der Waals surface area contributed by atoms with Crippen molar-refractivity contribution in [1.82, 2.24) is 14.9 Å². The molecule has 1 aromatic heterocycles. The van der Waals surface area contributed by atoms with Gasteiger partial charge in [-0.2, -0.15) is 4.98 Å². The molecule has 212 valence electrons. The van der Waals surface area contributed by atoms with Gasteiger partial charge >= 0.3 is 12.2 Å². The van der Waals surface area contributed by atoms with Crippen molar-refractivity contribution in [1.29, 1.82) is 0 Å². The monoisotopic (exact) mass is 543 g/mol. The summed E-state index contributed by atoms with van der Waals surface area (Å²) in [5.41, 5.74) is 0.499. The minimum atomic E-state index is -0.720. The number of rotatable bonds is 8. The van der Waals surface area contributed by atoms with E-state index in [0.717, 1.165) is 24.6 Å². The van der Waals surface area contributed by atoms with E-state index in [0.29, 0.717) is 13.1 Å². The minimum absolute atomic E-state index is 0.0460. The summed E-state index contributed by atoms with van der Waals surface area (Å²) in [7, 11) is 0. The highest BCUT2D eigenvalue weighted by molar-refractivity contribution is 5.89. The van der Waals surface area contributed by atoms with Gasteiger partial charge in [0.1, 0.15) is 19.3 Å². The molecule has 11 heteroatoms. The first-order valence-electron chi connectivity index (χ1n) is 13.4. The molecule has 3 heterocycles. The number of cyclic esters (lactones) is 1. The van der Waals surface area contributed by atoms with Gasteiger partial charge in [0.25, 0.3) is 0 Å². The molecule has 39 heavy (non-hydrogen) atoms. The number of halogens is 1. The van der Waals surface area contributed by atoms with Crippen LogP contribution >= 0.6 is 0 Å². The van der Waals surface area contributed by atoms with E-state index >= 15 is 0 Å². The predicted octanol–water partition coefficient (Wildman–Crippen LogP) is 4.99. The molecule has 1 aromatic carbocycles. The Morgan fingerprint density at radius 1 is 1.21 bits per heavy atom. The van der Waals surface area contributed by atoms with Gasteiger partial charge in [0.05, 0.1) is 17.9 Å². The molecule has 2 saturated heterocycles. The van der Waals surface area contributed by atoms with Crippen molar-refractivity contribution in [3.05, 3.63) is 47.9 Å². The summed E-state index contributed by atoms with van der Waals surface area (Å²) >= 11 is 0. The lowest BCUT2D eigenvalue weighted by Gasteiger charge is -2.34. The summed E-state index contributed by atoms with van der Waals surface area (Å²) in [4.78, 5) is 36.4. The van der Waals surface area contributed by atoms with E-state index in [1.165, 1.54) is 4.90 Å². The molecule has 1 unspecified atom stereocenters. The van der Waals surface area contributed by atoms with Crippen LogP contribution < -0.4 is 10.2 Å². The number of ether oxygens (including phenoxy) is 3. The van der Waals surface area contributed by atoms with Crippen LogP contribution in [0.25, 0.3) is 0 Å². The van der Waals surface area contributed by atoms with Crippen molar-refractivity contribution in [2.75, 3.05) is 29.9 Å². The summed E-state index contributed by atoms with van der Waals surface area (Å²) in [5, 5.41) is 3.26. The van der Waals surface area contributed by atoms with Crippen molar-refractivity contribution in [2.24, 2.45) is 5.92 Å². The summed E-state index contributed by atoms with van der Waals surface area (Å²) in [6, 6.07) is 9.00. The summed E-state index contributed by atoms with van der Waals surface area (Å²) < 4.78 is 31.6. The van der Waals surface area contributed by atoms with Gasteiger partial charge < -0.3 is 24.4 Å². The van der Waals surface area contributed by atoms with Gasteiger partial charge in [-0.1, -0.05) is 30.3 Å². The van der Waals surface area contributed by atoms with Gasteiger partial charge in [-0.3, -0.25) is 0 Å². The molecule has 0 spiro atoms. The van der Waals surface area contributed by atoms with Crippen LogP contribution in [-0.4, -0.2) is 70.5 Å². The average molecular weight is 544 g/mol. The fourth-order valence-corrected chi connectivity index (χ4v) is 4.97. The topological polar surface area (TPSA) is 106 Å². The molecular weight excluding hydrogens is 505 g/mol. The van der Waals surface area contributed by atoms with Crippen LogP contribution in [0.4, 0.5) is 25.7 Å². The molecular formula is C28H38FN5O5. The number of anilines is 2. The summed E-state index contributed by atoms with van der Waals surface area (Å²) in [6.45, 7) is 11.1. The summed E-state index contributed by atoms with van der Waals surface area (Å²) in [5.74, 6) is -0.411. The number of carbonyl (C=O) groups excluding carboxylic acids is 2. The Hall–Kier alpha value is -3.47. The van der Waals surface area contributed by atoms with Gasteiger partial charge in [-0.05, 0) is 58.9 Å². The first-order valence-corrected chi connectivity index (χ1v) is 13.4. The van der Waals surface area contributed by atoms with Gasteiger partial charge in [0.2, 0.25) is 5.95 Å². The Kier molecular flexibility index (Phi) is 8.89. The zero-order valence-electron chi connectivity index (χ0n) is 23.2. The predicted molar refractivity (Wildman–Crippen MR) is 144 cm³/mol. The normalized spacial score (nSPS) is 19.9. The fourth-order valence-electron chi connectivity index (χ4n) is 4.97. The standard InChI is InChI=1S/C28H38FN5O5/c1-18(21-11-13-33(14-12-21)26(35)37-16-20-9-7-6-8-10-20)31-25-30-15-22(29)24(32-25)34-23(17-38-27(34)36)19(2)39-28(3,4)5/h6-10,15,18-19,21,23H,11-14,16-17H2,1-5H3,(H,30,31,32)/t18-,19-,23?/m0/s1. The van der Waals surface area contributed by atoms with Gasteiger partial charge in [0.15, 0.2) is 11.6 Å². The van der Waals surface area contributed by atoms with Crippen molar-refractivity contribution in [3.8, 4) is 0 Å². The first kappa shape index (κ1) is 28.5. The van der Waals surface area contributed by atoms with Crippen LogP contribution in [-0.2, 0) is 20.8 Å². The molecule has 2 fully saturated rings. The Bertz CT molecular complexity index is 1140. The lowest BCUT2D eigenvalue weighted by atomic mass is 9.90. The van der Waals surface area contributed by atoms with E-state index in [1.807, 2.05) is 65.0 Å². The molecule has 2 aliphatic heterocycles. The summed E-state index contributed by atoms with van der Waals surface area (Å²) in [6.07, 6.45) is 1.19. The number of aromatic nitrogens is 2. The van der Waals surface area contributed by atoms with Crippen LogP contribution in [0.1, 0.15) is 53.0 Å². The van der Waals surface area contributed by atoms with Crippen LogP contribution in [0.15, 0.2) is 36.5 Å². The number of likely N-dealkylation sites (tertiary alicyclic amines) is 1. The smallest absolute Gasteiger partial charge is 0.416 e. The van der Waals surface area contributed by atoms with Gasteiger partial charge in [0, 0.05) is 19.1 Å². The number of hydrogen-bond acceptors (Lipinski definition) is 8. The number of piperidine rings is 1. The second-order valence-corrected chi connectivity index (χ2v) is 11.1. The van der Waals surface area contributed by atoms with Crippen LogP contribution in [0.3, 0.4) is 0 Å². The Morgan fingerprint density at radius 2 is 1.90 bits per heavy atom. The van der Waals surface area contributed by atoms with E-state index in [4.69, 9.17) is 14.2 Å². The quantitative estimate of drug-likeness (QED) is 0.496. The van der Waals surface area contributed by atoms with E-state index in [-0.39, 0.29) is 43.0 Å². The largest absolute Gasteiger partial charge is 0.447 e. The molecule has 0 saturated carbocycles. The number of hydrogen-bond donors (Lipinski definition) is 1. The van der Waals surface area contributed by atoms with Gasteiger partial charge in [-0.25, -0.2) is 23.9 Å². The zero-order valence-corrected chi connectivity index (χ0v) is 23.2. The maximum absolute atomic E-state index is 14.9. The van der Waals surface area contributed by atoms with Crippen LogP contribution in [0.2, 0.25) is 0 Å². The molecule has 2 aromatic rings. The maximum atomic E-state index is 14.9. The highest BCUT2D eigenvalue weighted by Crippen LogP contribution is 2.29. The third-order valence-electron chi connectivity index (χ3n) is 7.01. The maximum Gasteiger partial charge on any atom is 0.416 e. The highest BCUT2D eigenvalue weighted by atomic mass is 19.1. The van der Waals surface area contributed by atoms with Crippen molar-refractivity contribution >= 4 is 24.0 Å². The van der Waals surface area contributed by atoms with E-state index in [9.17, 15) is 14.0 Å². The number of benzene rings is 1. The van der Waals surface area contributed by atoms with E-state index in [2.05, 4.69) is 15.3 Å². The van der Waals surface area contributed by atoms with Crippen LogP contribution in [0, 0.1) is 11.7 Å². The molecule has 2 amide bonds. The van der Waals surface area contributed by atoms with Crippen molar-refractivity contribution in [2.45, 2.75) is 77.9 Å². The van der Waals surface area contributed by atoms with E-state index < -0.39 is 29.7 Å². The molecule has 1 N–H and O–H groups in total. The first-order chi connectivity index (χ1) is 18.5. The van der Waals surface area contributed by atoms with Crippen LogP contribution in [0.5, 0.6) is 0 Å². The number of carbonyl (C=O) groups is 2. The Morgan fingerprint density at radius 3 is 2.56 bits per heavy atom. The molecule has 4 rings (SSSR count). The molecule has 2 aliphatic rings. The van der Waals surface area contributed by atoms with E-state index in [1.54, 1.807) is 4.90 Å².